The highest BCUT2D eigenvalue weighted by Gasteiger charge is 2.45. The van der Waals surface area contributed by atoms with E-state index in [1.54, 1.807) is 29.2 Å². The van der Waals surface area contributed by atoms with Gasteiger partial charge in [0.2, 0.25) is 0 Å². The molecule has 1 atom stereocenters. The van der Waals surface area contributed by atoms with Crippen LogP contribution in [0.15, 0.2) is 84.4 Å². The van der Waals surface area contributed by atoms with Crippen LogP contribution in [0, 0.1) is 0 Å². The number of hydrogen-bond donors (Lipinski definition) is 1. The monoisotopic (exact) mass is 542 g/mol. The van der Waals surface area contributed by atoms with Gasteiger partial charge in [-0.05, 0) is 80.5 Å². The molecule has 0 aliphatic carbocycles. The second kappa shape index (κ2) is 13.8. The van der Waals surface area contributed by atoms with E-state index >= 15 is 0 Å². The van der Waals surface area contributed by atoms with Gasteiger partial charge >= 0.3 is 0 Å². The molecule has 0 spiro atoms. The molecule has 1 amide bonds. The van der Waals surface area contributed by atoms with Gasteiger partial charge in [-0.2, -0.15) is 0 Å². The van der Waals surface area contributed by atoms with Crippen LogP contribution in [-0.2, 0) is 16.2 Å². The van der Waals surface area contributed by atoms with E-state index in [0.717, 1.165) is 37.2 Å². The first-order valence-corrected chi connectivity index (χ1v) is 14.0. The summed E-state index contributed by atoms with van der Waals surface area (Å²) in [5, 5.41) is 11.4. The number of amides is 1. The van der Waals surface area contributed by atoms with Crippen molar-refractivity contribution in [1.82, 2.24) is 9.80 Å². The molecule has 210 valence electrons. The van der Waals surface area contributed by atoms with E-state index < -0.39 is 17.7 Å². The van der Waals surface area contributed by atoms with Gasteiger partial charge in [0, 0.05) is 12.1 Å². The minimum absolute atomic E-state index is 0.0925. The van der Waals surface area contributed by atoms with E-state index in [2.05, 4.69) is 18.7 Å². The standard InChI is InChI=1S/C33H38N2O5/c1-4-34(5-2)21-10-22-35-30(25-13-17-27(18-14-25)39-6-3)29(32(37)33(35)38)31(36)26-15-19-28(20-16-26)40-23-24-11-8-7-9-12-24/h7-9,11-20,30,36H,4-6,10,21-23H2,1-3H3/t30-/m1/s1. The molecule has 1 aliphatic heterocycles. The molecule has 1 saturated heterocycles. The van der Waals surface area contributed by atoms with Gasteiger partial charge in [0.05, 0.1) is 18.2 Å². The fourth-order valence-electron chi connectivity index (χ4n) is 4.98. The highest BCUT2D eigenvalue weighted by molar-refractivity contribution is 6.46. The number of carbonyl (C=O) groups excluding carboxylic acids is 2. The lowest BCUT2D eigenvalue weighted by molar-refractivity contribution is -0.140. The Hall–Kier alpha value is -4.10. The summed E-state index contributed by atoms with van der Waals surface area (Å²) in [6.45, 7) is 10.1. The van der Waals surface area contributed by atoms with Gasteiger partial charge in [0.15, 0.2) is 0 Å². The Morgan fingerprint density at radius 2 is 1.48 bits per heavy atom. The summed E-state index contributed by atoms with van der Waals surface area (Å²) in [6.07, 6.45) is 0.718. The topological polar surface area (TPSA) is 79.3 Å². The average molecular weight is 543 g/mol. The van der Waals surface area contributed by atoms with Crippen molar-refractivity contribution >= 4 is 17.4 Å². The van der Waals surface area contributed by atoms with Gasteiger partial charge < -0.3 is 24.4 Å². The summed E-state index contributed by atoms with van der Waals surface area (Å²) in [7, 11) is 0. The number of likely N-dealkylation sites (tertiary alicyclic amines) is 1. The normalized spacial score (nSPS) is 16.5. The Balaban J connectivity index is 1.62. The van der Waals surface area contributed by atoms with Crippen LogP contribution in [-0.4, -0.2) is 59.4 Å². The summed E-state index contributed by atoms with van der Waals surface area (Å²) in [5.74, 6) is -0.124. The van der Waals surface area contributed by atoms with Crippen LogP contribution in [0.3, 0.4) is 0 Å². The van der Waals surface area contributed by atoms with Gasteiger partial charge in [0.1, 0.15) is 23.9 Å². The van der Waals surface area contributed by atoms with E-state index in [1.165, 1.54) is 0 Å². The molecule has 4 rings (SSSR count). The summed E-state index contributed by atoms with van der Waals surface area (Å²) < 4.78 is 11.5. The molecule has 1 aliphatic rings. The fraction of sp³-hybridized carbons (Fsp3) is 0.333. The molecule has 7 nitrogen and oxygen atoms in total. The number of aliphatic hydroxyl groups excluding tert-OH is 1. The third kappa shape index (κ3) is 6.72. The number of ether oxygens (including phenoxy) is 2. The molecule has 1 fully saturated rings. The molecular formula is C33H38N2O5. The highest BCUT2D eigenvalue weighted by Crippen LogP contribution is 2.40. The number of nitrogens with zero attached hydrogens (tertiary/aromatic N) is 2. The molecule has 7 heteroatoms. The van der Waals surface area contributed by atoms with Crippen molar-refractivity contribution in [3.8, 4) is 11.5 Å². The van der Waals surface area contributed by atoms with Crippen molar-refractivity contribution in [1.29, 1.82) is 0 Å². The van der Waals surface area contributed by atoms with Crippen molar-refractivity contribution in [2.75, 3.05) is 32.8 Å². The quantitative estimate of drug-likeness (QED) is 0.167. The molecule has 1 N–H and O–H groups in total. The van der Waals surface area contributed by atoms with Gasteiger partial charge in [0.25, 0.3) is 11.7 Å². The lowest BCUT2D eigenvalue weighted by Gasteiger charge is -2.27. The first kappa shape index (κ1) is 28.9. The Bertz CT molecular complexity index is 1300. The first-order chi connectivity index (χ1) is 19.5. The van der Waals surface area contributed by atoms with Crippen molar-refractivity contribution in [3.05, 3.63) is 101 Å². The number of hydrogen-bond acceptors (Lipinski definition) is 6. The maximum absolute atomic E-state index is 13.4. The first-order valence-electron chi connectivity index (χ1n) is 14.0. The molecule has 1 heterocycles. The molecule has 0 saturated carbocycles. The molecule has 3 aromatic carbocycles. The lowest BCUT2D eigenvalue weighted by atomic mass is 9.95. The number of aliphatic hydroxyl groups is 1. The van der Waals surface area contributed by atoms with E-state index in [-0.39, 0.29) is 11.3 Å². The number of benzene rings is 3. The van der Waals surface area contributed by atoms with Crippen LogP contribution in [0.25, 0.3) is 5.76 Å². The van der Waals surface area contributed by atoms with Gasteiger partial charge in [-0.3, -0.25) is 9.59 Å². The van der Waals surface area contributed by atoms with Gasteiger partial charge in [-0.1, -0.05) is 56.3 Å². The van der Waals surface area contributed by atoms with Crippen molar-refractivity contribution in [2.24, 2.45) is 0 Å². The molecule has 3 aromatic rings. The van der Waals surface area contributed by atoms with Gasteiger partial charge in [-0.15, -0.1) is 0 Å². The minimum atomic E-state index is -0.693. The van der Waals surface area contributed by atoms with E-state index in [1.807, 2.05) is 61.5 Å². The number of carbonyl (C=O) groups is 2. The largest absolute Gasteiger partial charge is 0.507 e. The van der Waals surface area contributed by atoms with Crippen LogP contribution in [0.5, 0.6) is 11.5 Å². The Kier molecular flexibility index (Phi) is 9.97. The molecule has 40 heavy (non-hydrogen) atoms. The predicted molar refractivity (Wildman–Crippen MR) is 156 cm³/mol. The minimum Gasteiger partial charge on any atom is -0.507 e. The number of rotatable bonds is 13. The third-order valence-electron chi connectivity index (χ3n) is 7.19. The Labute approximate surface area is 236 Å². The zero-order chi connectivity index (χ0) is 28.5. The number of Topliss-reactive ketones (excluding diaryl/α,β-unsaturated/α-hetero) is 1. The fourth-order valence-corrected chi connectivity index (χ4v) is 4.98. The molecular weight excluding hydrogens is 504 g/mol. The van der Waals surface area contributed by atoms with Crippen LogP contribution in [0.1, 0.15) is 49.9 Å². The summed E-state index contributed by atoms with van der Waals surface area (Å²) in [4.78, 5) is 30.5. The summed E-state index contributed by atoms with van der Waals surface area (Å²) in [5.41, 5.74) is 2.33. The lowest BCUT2D eigenvalue weighted by Crippen LogP contribution is -2.33. The molecule has 0 unspecified atom stereocenters. The van der Waals surface area contributed by atoms with Crippen LogP contribution in [0.2, 0.25) is 0 Å². The maximum Gasteiger partial charge on any atom is 0.295 e. The molecule has 0 radical (unpaired) electrons. The second-order valence-electron chi connectivity index (χ2n) is 9.67. The van der Waals surface area contributed by atoms with Crippen LogP contribution >= 0.6 is 0 Å². The second-order valence-corrected chi connectivity index (χ2v) is 9.67. The zero-order valence-corrected chi connectivity index (χ0v) is 23.5. The highest BCUT2D eigenvalue weighted by atomic mass is 16.5. The van der Waals surface area contributed by atoms with Crippen molar-refractivity contribution < 1.29 is 24.2 Å². The smallest absolute Gasteiger partial charge is 0.295 e. The van der Waals surface area contributed by atoms with Crippen LogP contribution < -0.4 is 9.47 Å². The average Bonchev–Trinajstić information content (AvgIpc) is 3.24. The van der Waals surface area contributed by atoms with Crippen molar-refractivity contribution in [3.63, 3.8) is 0 Å². The Morgan fingerprint density at radius 3 is 2.10 bits per heavy atom. The SMILES string of the molecule is CCOc1ccc([C@@H]2C(=C(O)c3ccc(OCc4ccccc4)cc3)C(=O)C(=O)N2CCCN(CC)CC)cc1. The summed E-state index contributed by atoms with van der Waals surface area (Å²) in [6, 6.07) is 23.4. The molecule has 0 bridgehead atoms. The van der Waals surface area contributed by atoms with E-state index in [0.29, 0.717) is 36.8 Å². The maximum atomic E-state index is 13.4. The Morgan fingerprint density at radius 1 is 0.850 bits per heavy atom. The zero-order valence-electron chi connectivity index (χ0n) is 23.5. The van der Waals surface area contributed by atoms with Crippen LogP contribution in [0.4, 0.5) is 0 Å². The summed E-state index contributed by atoms with van der Waals surface area (Å²) >= 11 is 0. The molecule has 0 aromatic heterocycles. The van der Waals surface area contributed by atoms with E-state index in [4.69, 9.17) is 9.47 Å². The van der Waals surface area contributed by atoms with E-state index in [9.17, 15) is 14.7 Å². The van der Waals surface area contributed by atoms with Crippen molar-refractivity contribution in [2.45, 2.75) is 39.8 Å². The van der Waals surface area contributed by atoms with Gasteiger partial charge in [-0.25, -0.2) is 0 Å². The third-order valence-corrected chi connectivity index (χ3v) is 7.19. The predicted octanol–water partition coefficient (Wildman–Crippen LogP) is 5.82. The number of ketones is 1.